The monoisotopic (exact) mass is 886 g/mol. The maximum atomic E-state index is 2.69. The lowest BCUT2D eigenvalue weighted by Gasteiger charge is -2.48. The molecule has 0 unspecified atom stereocenters. The van der Waals surface area contributed by atoms with Crippen molar-refractivity contribution in [1.29, 1.82) is 0 Å². The largest absolute Gasteiger partial charge is 0.311 e. The summed E-state index contributed by atoms with van der Waals surface area (Å²) in [6.07, 6.45) is 2.32. The fraction of sp³-hybridized carbons (Fsp3) is 0.238. The van der Waals surface area contributed by atoms with Crippen LogP contribution in [0.4, 0.5) is 34.1 Å². The zero-order chi connectivity index (χ0) is 46.3. The topological polar surface area (TPSA) is 6.48 Å². The lowest BCUT2D eigenvalue weighted by atomic mass is 9.33. The van der Waals surface area contributed by atoms with Crippen LogP contribution in [-0.2, 0) is 16.2 Å². The van der Waals surface area contributed by atoms with Gasteiger partial charge < -0.3 is 9.80 Å². The minimum atomic E-state index is -0.0123. The van der Waals surface area contributed by atoms with Crippen LogP contribution in [0.2, 0.25) is 0 Å². The second kappa shape index (κ2) is 14.8. The average molecular weight is 887 g/mol. The first-order valence-corrected chi connectivity index (χ1v) is 25.2. The average Bonchev–Trinajstić information content (AvgIpc) is 3.67. The highest BCUT2D eigenvalue weighted by atomic mass is 32.1. The van der Waals surface area contributed by atoms with Crippen molar-refractivity contribution >= 4 is 88.7 Å². The number of hydrogen-bond acceptors (Lipinski definition) is 3. The molecule has 0 saturated carbocycles. The SMILES string of the molecule is Cc1cc(C(C)(C)C)ccc1N1c2cc3c(cc2B2c4cc5c(cc4N(c4ccccc4-c4ccccc4)c4cc(-c6c(C)cccc6C)cc1c42)sc1ccccc15)C(C)(C)CCC3(C)C. The van der Waals surface area contributed by atoms with Gasteiger partial charge in [0.25, 0.3) is 6.71 Å². The molecule has 67 heavy (non-hydrogen) atoms. The van der Waals surface area contributed by atoms with E-state index in [2.05, 4.69) is 231 Å². The van der Waals surface area contributed by atoms with Crippen molar-refractivity contribution in [3.63, 3.8) is 0 Å². The molecule has 0 N–H and O–H groups in total. The van der Waals surface area contributed by atoms with Gasteiger partial charge in [-0.1, -0.05) is 158 Å². The van der Waals surface area contributed by atoms with E-state index in [1.807, 2.05) is 11.3 Å². The van der Waals surface area contributed by atoms with Gasteiger partial charge in [0.15, 0.2) is 0 Å². The third kappa shape index (κ3) is 6.42. The first kappa shape index (κ1) is 42.0. The second-order valence-corrected chi connectivity index (χ2v) is 23.2. The number of thiophene rings is 1. The van der Waals surface area contributed by atoms with Crippen molar-refractivity contribution in [3.8, 4) is 22.3 Å². The molecule has 1 aliphatic carbocycles. The first-order valence-electron chi connectivity index (χ1n) is 24.3. The van der Waals surface area contributed by atoms with Gasteiger partial charge >= 0.3 is 0 Å². The van der Waals surface area contributed by atoms with Crippen LogP contribution in [0.25, 0.3) is 42.4 Å². The van der Waals surface area contributed by atoms with E-state index in [0.717, 1.165) is 12.8 Å². The van der Waals surface area contributed by atoms with E-state index in [4.69, 9.17) is 0 Å². The molecule has 0 radical (unpaired) electrons. The number of aryl methyl sites for hydroxylation is 3. The molecule has 2 aliphatic heterocycles. The van der Waals surface area contributed by atoms with Gasteiger partial charge in [0.1, 0.15) is 0 Å². The Morgan fingerprint density at radius 2 is 1.09 bits per heavy atom. The van der Waals surface area contributed by atoms with Crippen molar-refractivity contribution in [1.82, 2.24) is 0 Å². The van der Waals surface area contributed by atoms with Crippen LogP contribution in [0.3, 0.4) is 0 Å². The summed E-state index contributed by atoms with van der Waals surface area (Å²) in [7, 11) is 0. The Kier molecular flexibility index (Phi) is 9.30. The molecule has 3 aliphatic rings. The number of anilines is 6. The van der Waals surface area contributed by atoms with Crippen molar-refractivity contribution in [2.75, 3.05) is 9.80 Å². The van der Waals surface area contributed by atoms with E-state index in [9.17, 15) is 0 Å². The summed E-state index contributed by atoms with van der Waals surface area (Å²) in [5.41, 5.74) is 24.9. The molecule has 3 heterocycles. The van der Waals surface area contributed by atoms with E-state index < -0.39 is 0 Å². The quantitative estimate of drug-likeness (QED) is 0.163. The Morgan fingerprint density at radius 3 is 1.79 bits per heavy atom. The molecular formula is C63H59BN2S. The highest BCUT2D eigenvalue weighted by Gasteiger charge is 2.47. The van der Waals surface area contributed by atoms with Gasteiger partial charge in [-0.05, 0) is 164 Å². The number of hydrogen-bond donors (Lipinski definition) is 0. The van der Waals surface area contributed by atoms with Crippen LogP contribution in [-0.4, -0.2) is 6.71 Å². The molecule has 12 rings (SSSR count). The standard InChI is InChI=1S/C63H59BN2S/c1-38-19-18-20-39(2)59(38)42-32-55-60-56(33-42)66(52-25-16-14-23-44(52)41-21-12-11-13-22-41)54-37-58-46(45-24-15-17-26-57(45)67-58)34-49(54)64(60)50-35-47-48(63(9,10)30-29-62(47,7)8)36-53(50)65(55)51-28-27-43(31-40(51)3)61(4,5)6/h11-28,31-37H,29-30H2,1-10H3. The predicted molar refractivity (Wildman–Crippen MR) is 292 cm³/mol. The Balaban J connectivity index is 1.27. The summed E-state index contributed by atoms with van der Waals surface area (Å²) in [5.74, 6) is 0. The molecule has 0 amide bonds. The lowest BCUT2D eigenvalue weighted by molar-refractivity contribution is 0.332. The molecule has 0 fully saturated rings. The minimum absolute atomic E-state index is 0.0123. The van der Waals surface area contributed by atoms with Crippen molar-refractivity contribution in [3.05, 3.63) is 185 Å². The summed E-state index contributed by atoms with van der Waals surface area (Å²) in [6.45, 7) is 23.8. The normalized spacial score (nSPS) is 15.6. The fourth-order valence-electron chi connectivity index (χ4n) is 12.1. The number of para-hydroxylation sites is 1. The Morgan fingerprint density at radius 1 is 0.478 bits per heavy atom. The summed E-state index contributed by atoms with van der Waals surface area (Å²) in [4.78, 5) is 5.34. The first-order chi connectivity index (χ1) is 32.1. The number of fused-ring (bicyclic) bond motifs is 8. The van der Waals surface area contributed by atoms with Gasteiger partial charge in [-0.25, -0.2) is 0 Å². The Labute approximate surface area is 402 Å². The summed E-state index contributed by atoms with van der Waals surface area (Å²) >= 11 is 1.91. The Hall–Kier alpha value is -6.36. The molecule has 2 nitrogen and oxygen atoms in total. The van der Waals surface area contributed by atoms with Gasteiger partial charge in [-0.2, -0.15) is 0 Å². The Bertz CT molecular complexity index is 3490. The number of nitrogens with zero attached hydrogens (tertiary/aromatic N) is 2. The molecule has 330 valence electrons. The van der Waals surface area contributed by atoms with Crippen LogP contribution in [0.5, 0.6) is 0 Å². The maximum Gasteiger partial charge on any atom is 0.252 e. The van der Waals surface area contributed by atoms with E-state index >= 15 is 0 Å². The summed E-state index contributed by atoms with van der Waals surface area (Å²) < 4.78 is 2.64. The molecule has 0 bridgehead atoms. The number of benzene rings is 8. The molecule has 9 aromatic rings. The zero-order valence-electron chi connectivity index (χ0n) is 40.7. The molecule has 0 saturated heterocycles. The molecule has 0 atom stereocenters. The van der Waals surface area contributed by atoms with Crippen LogP contribution in [0.15, 0.2) is 152 Å². The van der Waals surface area contributed by atoms with E-state index in [1.54, 1.807) is 0 Å². The highest BCUT2D eigenvalue weighted by Crippen LogP contribution is 2.53. The maximum absolute atomic E-state index is 2.69. The fourth-order valence-corrected chi connectivity index (χ4v) is 13.2. The van der Waals surface area contributed by atoms with Gasteiger partial charge in [-0.15, -0.1) is 11.3 Å². The third-order valence-electron chi connectivity index (χ3n) is 15.8. The van der Waals surface area contributed by atoms with Gasteiger partial charge in [-0.3, -0.25) is 0 Å². The third-order valence-corrected chi connectivity index (χ3v) is 17.0. The predicted octanol–water partition coefficient (Wildman–Crippen LogP) is 16.0. The van der Waals surface area contributed by atoms with Crippen LogP contribution in [0, 0.1) is 20.8 Å². The number of rotatable bonds is 4. The van der Waals surface area contributed by atoms with E-state index in [0.29, 0.717) is 0 Å². The van der Waals surface area contributed by atoms with Crippen LogP contribution < -0.4 is 26.2 Å². The molecule has 4 heteroatoms. The minimum Gasteiger partial charge on any atom is -0.311 e. The van der Waals surface area contributed by atoms with Gasteiger partial charge in [0, 0.05) is 48.8 Å². The molecule has 0 spiro atoms. The van der Waals surface area contributed by atoms with Crippen molar-refractivity contribution in [2.45, 2.75) is 98.3 Å². The summed E-state index contributed by atoms with van der Waals surface area (Å²) in [6, 6.07) is 58.7. The second-order valence-electron chi connectivity index (χ2n) is 22.2. The smallest absolute Gasteiger partial charge is 0.252 e. The molecule has 1 aromatic heterocycles. The van der Waals surface area contributed by atoms with Crippen LogP contribution in [0.1, 0.15) is 94.7 Å². The van der Waals surface area contributed by atoms with Gasteiger partial charge in [0.2, 0.25) is 0 Å². The van der Waals surface area contributed by atoms with Crippen LogP contribution >= 0.6 is 11.3 Å². The van der Waals surface area contributed by atoms with Crippen molar-refractivity contribution in [2.24, 2.45) is 0 Å². The highest BCUT2D eigenvalue weighted by molar-refractivity contribution is 7.26. The van der Waals surface area contributed by atoms with E-state index in [-0.39, 0.29) is 23.0 Å². The lowest BCUT2D eigenvalue weighted by Crippen LogP contribution is -2.62. The zero-order valence-corrected chi connectivity index (χ0v) is 41.5. The van der Waals surface area contributed by atoms with Crippen molar-refractivity contribution < 1.29 is 0 Å². The van der Waals surface area contributed by atoms with E-state index in [1.165, 1.54) is 126 Å². The van der Waals surface area contributed by atoms with Gasteiger partial charge in [0.05, 0.1) is 5.69 Å². The molecule has 8 aromatic carbocycles. The molecular weight excluding hydrogens is 828 g/mol. The summed E-state index contributed by atoms with van der Waals surface area (Å²) in [5, 5.41) is 2.67.